The number of carbonyl (C=O) groups excluding carboxylic acids is 1. The quantitative estimate of drug-likeness (QED) is 0.615. The average Bonchev–Trinajstić information content (AvgIpc) is 2.77. The van der Waals surface area contributed by atoms with Gasteiger partial charge in [-0.2, -0.15) is 0 Å². The Balaban J connectivity index is 1.57. The fraction of sp³-hybridized carbons (Fsp3) is 0.519. The van der Waals surface area contributed by atoms with E-state index in [1.54, 1.807) is 0 Å². The second-order valence-electron chi connectivity index (χ2n) is 9.61. The fourth-order valence-corrected chi connectivity index (χ4v) is 4.06. The van der Waals surface area contributed by atoms with Crippen LogP contribution in [0.5, 0.6) is 5.75 Å². The summed E-state index contributed by atoms with van der Waals surface area (Å²) in [5.41, 5.74) is 3.84. The Hall–Kier alpha value is -2.33. The molecule has 1 atom stereocenters. The molecule has 0 aliphatic carbocycles. The summed E-state index contributed by atoms with van der Waals surface area (Å²) >= 11 is 0. The van der Waals surface area contributed by atoms with Crippen LogP contribution in [0, 0.1) is 0 Å². The van der Waals surface area contributed by atoms with Crippen LogP contribution >= 0.6 is 0 Å². The van der Waals surface area contributed by atoms with Crippen molar-refractivity contribution in [2.45, 2.75) is 78.0 Å². The molecule has 0 unspecified atom stereocenters. The van der Waals surface area contributed by atoms with Crippen LogP contribution < -0.4 is 10.1 Å². The van der Waals surface area contributed by atoms with E-state index in [1.165, 1.54) is 49.0 Å². The van der Waals surface area contributed by atoms with Gasteiger partial charge in [-0.15, -0.1) is 0 Å². The third-order valence-electron chi connectivity index (χ3n) is 6.08. The summed E-state index contributed by atoms with van der Waals surface area (Å²) in [6, 6.07) is 16.5. The molecule has 1 fully saturated rings. The molecule has 4 heteroatoms. The standard InChI is InChI=1S/C27H38N2O2/c1-5-25(31-24-15-13-23(14-16-24)27(2,3)4)26(30)28-19-21-11-7-8-12-22(21)20-29-17-9-6-10-18-29/h7-8,11-16,25H,5-6,9-10,17-20H2,1-4H3,(H,28,30)/t25-/m1/s1. The zero-order chi connectivity index (χ0) is 22.3. The molecule has 0 bridgehead atoms. The zero-order valence-corrected chi connectivity index (χ0v) is 19.6. The first-order chi connectivity index (χ1) is 14.9. The lowest BCUT2D eigenvalue weighted by Crippen LogP contribution is -2.38. The van der Waals surface area contributed by atoms with E-state index in [0.717, 1.165) is 12.3 Å². The van der Waals surface area contributed by atoms with Gasteiger partial charge in [0.25, 0.3) is 5.91 Å². The molecule has 1 aliphatic rings. The van der Waals surface area contributed by atoms with Gasteiger partial charge in [0.15, 0.2) is 6.10 Å². The SMILES string of the molecule is CC[C@@H](Oc1ccc(C(C)(C)C)cc1)C(=O)NCc1ccccc1CN1CCCCC1. The van der Waals surface area contributed by atoms with Crippen LogP contribution in [0.1, 0.15) is 70.1 Å². The lowest BCUT2D eigenvalue weighted by Gasteiger charge is -2.27. The number of nitrogens with zero attached hydrogens (tertiary/aromatic N) is 1. The number of carbonyl (C=O) groups is 1. The molecule has 2 aromatic rings. The molecular formula is C27H38N2O2. The Bertz CT molecular complexity index is 833. The van der Waals surface area contributed by atoms with Crippen LogP contribution in [0.3, 0.4) is 0 Å². The number of benzene rings is 2. The monoisotopic (exact) mass is 422 g/mol. The number of hydrogen-bond acceptors (Lipinski definition) is 3. The third-order valence-corrected chi connectivity index (χ3v) is 6.08. The minimum absolute atomic E-state index is 0.0600. The molecule has 31 heavy (non-hydrogen) atoms. The molecule has 1 heterocycles. The minimum atomic E-state index is -0.491. The van der Waals surface area contributed by atoms with Crippen LogP contribution in [-0.4, -0.2) is 30.0 Å². The topological polar surface area (TPSA) is 41.6 Å². The van der Waals surface area contributed by atoms with Crippen molar-refractivity contribution < 1.29 is 9.53 Å². The smallest absolute Gasteiger partial charge is 0.261 e. The van der Waals surface area contributed by atoms with E-state index < -0.39 is 6.10 Å². The molecule has 0 aromatic heterocycles. The van der Waals surface area contributed by atoms with Gasteiger partial charge in [-0.05, 0) is 66.6 Å². The first-order valence-electron chi connectivity index (χ1n) is 11.7. The summed E-state index contributed by atoms with van der Waals surface area (Å²) in [6.45, 7) is 12.4. The Morgan fingerprint density at radius 2 is 1.65 bits per heavy atom. The molecular weight excluding hydrogens is 384 g/mol. The molecule has 1 amide bonds. The number of likely N-dealkylation sites (tertiary alicyclic amines) is 1. The van der Waals surface area contributed by atoms with Gasteiger partial charge in [-0.25, -0.2) is 0 Å². The Labute approximate surface area is 188 Å². The van der Waals surface area contributed by atoms with E-state index >= 15 is 0 Å². The van der Waals surface area contributed by atoms with E-state index in [2.05, 4.69) is 61.3 Å². The highest BCUT2D eigenvalue weighted by molar-refractivity contribution is 5.81. The van der Waals surface area contributed by atoms with Crippen LogP contribution in [0.2, 0.25) is 0 Å². The molecule has 0 radical (unpaired) electrons. The summed E-state index contributed by atoms with van der Waals surface area (Å²) in [4.78, 5) is 15.4. The van der Waals surface area contributed by atoms with Crippen molar-refractivity contribution in [2.75, 3.05) is 13.1 Å². The van der Waals surface area contributed by atoms with Gasteiger partial charge >= 0.3 is 0 Å². The lowest BCUT2D eigenvalue weighted by molar-refractivity contribution is -0.128. The number of hydrogen-bond donors (Lipinski definition) is 1. The predicted molar refractivity (Wildman–Crippen MR) is 127 cm³/mol. The molecule has 1 N–H and O–H groups in total. The number of rotatable bonds is 8. The maximum absolute atomic E-state index is 12.8. The predicted octanol–water partition coefficient (Wildman–Crippen LogP) is 5.44. The van der Waals surface area contributed by atoms with Crippen molar-refractivity contribution in [3.8, 4) is 5.75 Å². The Morgan fingerprint density at radius 1 is 1.00 bits per heavy atom. The largest absolute Gasteiger partial charge is 0.481 e. The van der Waals surface area contributed by atoms with Crippen molar-refractivity contribution in [3.05, 3.63) is 65.2 Å². The van der Waals surface area contributed by atoms with Gasteiger partial charge in [0.2, 0.25) is 0 Å². The fourth-order valence-electron chi connectivity index (χ4n) is 4.06. The van der Waals surface area contributed by atoms with E-state index in [0.29, 0.717) is 13.0 Å². The van der Waals surface area contributed by atoms with Crippen molar-refractivity contribution in [3.63, 3.8) is 0 Å². The van der Waals surface area contributed by atoms with Crippen LogP contribution in [-0.2, 0) is 23.3 Å². The highest BCUT2D eigenvalue weighted by atomic mass is 16.5. The van der Waals surface area contributed by atoms with Gasteiger partial charge in [-0.3, -0.25) is 9.69 Å². The highest BCUT2D eigenvalue weighted by Crippen LogP contribution is 2.25. The van der Waals surface area contributed by atoms with Gasteiger partial charge in [0.05, 0.1) is 0 Å². The van der Waals surface area contributed by atoms with E-state index in [-0.39, 0.29) is 11.3 Å². The van der Waals surface area contributed by atoms with Crippen LogP contribution in [0.25, 0.3) is 0 Å². The highest BCUT2D eigenvalue weighted by Gasteiger charge is 2.20. The van der Waals surface area contributed by atoms with Crippen molar-refractivity contribution >= 4 is 5.91 Å². The molecule has 2 aromatic carbocycles. The van der Waals surface area contributed by atoms with Crippen LogP contribution in [0.15, 0.2) is 48.5 Å². The first-order valence-corrected chi connectivity index (χ1v) is 11.7. The normalized spacial score (nSPS) is 16.0. The number of piperidine rings is 1. The molecule has 168 valence electrons. The molecule has 1 aliphatic heterocycles. The van der Waals surface area contributed by atoms with E-state index in [9.17, 15) is 4.79 Å². The number of amides is 1. The van der Waals surface area contributed by atoms with Gasteiger partial charge in [-0.1, -0.05) is 70.5 Å². The van der Waals surface area contributed by atoms with Crippen molar-refractivity contribution in [1.29, 1.82) is 0 Å². The Morgan fingerprint density at radius 3 is 2.26 bits per heavy atom. The van der Waals surface area contributed by atoms with Gasteiger partial charge < -0.3 is 10.1 Å². The first kappa shape index (κ1) is 23.3. The van der Waals surface area contributed by atoms with E-state index in [1.807, 2.05) is 25.1 Å². The van der Waals surface area contributed by atoms with E-state index in [4.69, 9.17) is 4.74 Å². The summed E-state index contributed by atoms with van der Waals surface area (Å²) < 4.78 is 6.01. The summed E-state index contributed by atoms with van der Waals surface area (Å²) in [5.74, 6) is 0.677. The zero-order valence-electron chi connectivity index (χ0n) is 19.6. The molecule has 4 nitrogen and oxygen atoms in total. The Kier molecular flexibility index (Phi) is 8.14. The summed E-state index contributed by atoms with van der Waals surface area (Å²) in [6.07, 6.45) is 4.04. The lowest BCUT2D eigenvalue weighted by atomic mass is 9.87. The van der Waals surface area contributed by atoms with Crippen molar-refractivity contribution in [1.82, 2.24) is 10.2 Å². The molecule has 1 saturated heterocycles. The van der Waals surface area contributed by atoms with Gasteiger partial charge in [0.1, 0.15) is 5.75 Å². The average molecular weight is 423 g/mol. The summed E-state index contributed by atoms with van der Waals surface area (Å²) in [5, 5.41) is 3.10. The maximum atomic E-state index is 12.8. The van der Waals surface area contributed by atoms with Gasteiger partial charge in [0, 0.05) is 13.1 Å². The second kappa shape index (κ2) is 10.8. The minimum Gasteiger partial charge on any atom is -0.481 e. The van der Waals surface area contributed by atoms with Crippen LogP contribution in [0.4, 0.5) is 0 Å². The number of nitrogens with one attached hydrogen (secondary N) is 1. The second-order valence-corrected chi connectivity index (χ2v) is 9.61. The molecule has 3 rings (SSSR count). The third kappa shape index (κ3) is 6.83. The molecule has 0 saturated carbocycles. The maximum Gasteiger partial charge on any atom is 0.261 e. The number of ether oxygens (including phenoxy) is 1. The molecule has 0 spiro atoms. The summed E-state index contributed by atoms with van der Waals surface area (Å²) in [7, 11) is 0. The van der Waals surface area contributed by atoms with Crippen molar-refractivity contribution in [2.24, 2.45) is 0 Å².